The zero-order chi connectivity index (χ0) is 10.6. The highest BCUT2D eigenvalue weighted by molar-refractivity contribution is 5.76. The Morgan fingerprint density at radius 3 is 2.86 bits per heavy atom. The third-order valence-electron chi connectivity index (χ3n) is 2.33. The molecule has 1 N–H and O–H groups in total. The van der Waals surface area contributed by atoms with Crippen molar-refractivity contribution >= 4 is 5.91 Å². The molecule has 0 aromatic heterocycles. The second-order valence-corrected chi connectivity index (χ2v) is 3.63. The quantitative estimate of drug-likeness (QED) is 0.742. The molecule has 0 aliphatic carbocycles. The number of piperidine rings is 1. The highest BCUT2D eigenvalue weighted by Gasteiger charge is 2.36. The summed E-state index contributed by atoms with van der Waals surface area (Å²) in [5.74, 6) is -2.87. The molecule has 0 saturated carbocycles. The maximum atomic E-state index is 12.9. The Balaban J connectivity index is 2.40. The molecule has 1 rings (SSSR count). The first-order chi connectivity index (χ1) is 6.55. The molecule has 14 heavy (non-hydrogen) atoms. The molecular formula is C9H16F2N2O. The van der Waals surface area contributed by atoms with Gasteiger partial charge in [0, 0.05) is 25.9 Å². The van der Waals surface area contributed by atoms with E-state index in [0.29, 0.717) is 25.9 Å². The van der Waals surface area contributed by atoms with Gasteiger partial charge in [0.25, 0.3) is 5.92 Å². The number of halogens is 2. The van der Waals surface area contributed by atoms with Gasteiger partial charge in [0.1, 0.15) is 0 Å². The van der Waals surface area contributed by atoms with Crippen molar-refractivity contribution in [2.45, 2.75) is 25.2 Å². The van der Waals surface area contributed by atoms with E-state index in [1.54, 1.807) is 7.05 Å². The van der Waals surface area contributed by atoms with E-state index in [1.807, 2.05) is 0 Å². The van der Waals surface area contributed by atoms with Crippen LogP contribution in [0.15, 0.2) is 0 Å². The molecule has 1 fully saturated rings. The topological polar surface area (TPSA) is 32.3 Å². The van der Waals surface area contributed by atoms with Gasteiger partial charge < -0.3 is 10.2 Å². The Labute approximate surface area is 82.5 Å². The fourth-order valence-electron chi connectivity index (χ4n) is 1.57. The zero-order valence-electron chi connectivity index (χ0n) is 8.35. The van der Waals surface area contributed by atoms with Crippen molar-refractivity contribution < 1.29 is 13.6 Å². The van der Waals surface area contributed by atoms with E-state index in [0.717, 1.165) is 0 Å². The van der Waals surface area contributed by atoms with Crippen LogP contribution in [0.4, 0.5) is 8.78 Å². The van der Waals surface area contributed by atoms with Crippen molar-refractivity contribution in [2.75, 3.05) is 26.7 Å². The van der Waals surface area contributed by atoms with Crippen LogP contribution in [0.1, 0.15) is 19.3 Å². The molecule has 1 amide bonds. The maximum Gasteiger partial charge on any atom is 0.265 e. The molecule has 1 aliphatic rings. The molecule has 0 spiro atoms. The Kier molecular flexibility index (Phi) is 3.80. The molecule has 0 aromatic rings. The van der Waals surface area contributed by atoms with Crippen LogP contribution in [0.2, 0.25) is 0 Å². The van der Waals surface area contributed by atoms with E-state index in [4.69, 9.17) is 0 Å². The summed E-state index contributed by atoms with van der Waals surface area (Å²) in [6.45, 7) is 0.606. The van der Waals surface area contributed by atoms with Crippen LogP contribution in [0, 0.1) is 0 Å². The number of amides is 1. The summed E-state index contributed by atoms with van der Waals surface area (Å²) in [4.78, 5) is 12.7. The SMILES string of the molecule is CNCCC(=O)N1CCCC(F)(F)C1. The minimum absolute atomic E-state index is 0.0944. The Morgan fingerprint density at radius 1 is 1.57 bits per heavy atom. The lowest BCUT2D eigenvalue weighted by atomic mass is 10.1. The van der Waals surface area contributed by atoms with Crippen molar-refractivity contribution in [3.8, 4) is 0 Å². The van der Waals surface area contributed by atoms with Crippen LogP contribution in [-0.2, 0) is 4.79 Å². The molecule has 1 aliphatic heterocycles. The average molecular weight is 206 g/mol. The first-order valence-electron chi connectivity index (χ1n) is 4.85. The minimum Gasteiger partial charge on any atom is -0.337 e. The maximum absolute atomic E-state index is 12.9. The standard InChI is InChI=1S/C9H16F2N2O/c1-12-5-3-8(14)13-6-2-4-9(10,11)7-13/h12H,2-7H2,1H3. The number of hydrogen-bond donors (Lipinski definition) is 1. The summed E-state index contributed by atoms with van der Waals surface area (Å²) < 4.78 is 25.9. The first kappa shape index (κ1) is 11.4. The van der Waals surface area contributed by atoms with Crippen LogP contribution in [0.5, 0.6) is 0 Å². The zero-order valence-corrected chi connectivity index (χ0v) is 8.35. The fraction of sp³-hybridized carbons (Fsp3) is 0.889. The number of hydrogen-bond acceptors (Lipinski definition) is 2. The molecular weight excluding hydrogens is 190 g/mol. The minimum atomic E-state index is -2.69. The first-order valence-corrected chi connectivity index (χ1v) is 4.85. The van der Waals surface area contributed by atoms with Crippen LogP contribution >= 0.6 is 0 Å². The highest BCUT2D eigenvalue weighted by atomic mass is 19.3. The molecule has 0 atom stereocenters. The van der Waals surface area contributed by atoms with Gasteiger partial charge in [-0.05, 0) is 13.5 Å². The van der Waals surface area contributed by atoms with Crippen LogP contribution in [0.25, 0.3) is 0 Å². The largest absolute Gasteiger partial charge is 0.337 e. The number of likely N-dealkylation sites (tertiary alicyclic amines) is 1. The van der Waals surface area contributed by atoms with E-state index in [2.05, 4.69) is 5.32 Å². The summed E-state index contributed by atoms with van der Waals surface area (Å²) >= 11 is 0. The molecule has 0 radical (unpaired) electrons. The van der Waals surface area contributed by atoms with Gasteiger partial charge >= 0.3 is 0 Å². The summed E-state index contributed by atoms with van der Waals surface area (Å²) in [5, 5.41) is 2.82. The predicted octanol–water partition coefficient (Wildman–Crippen LogP) is 0.854. The molecule has 1 heterocycles. The van der Waals surface area contributed by atoms with Crippen molar-refractivity contribution in [1.82, 2.24) is 10.2 Å². The van der Waals surface area contributed by atoms with Gasteiger partial charge in [-0.2, -0.15) is 0 Å². The van der Waals surface area contributed by atoms with Crippen molar-refractivity contribution in [3.63, 3.8) is 0 Å². The van der Waals surface area contributed by atoms with E-state index in [-0.39, 0.29) is 12.3 Å². The van der Waals surface area contributed by atoms with Crippen LogP contribution < -0.4 is 5.32 Å². The van der Waals surface area contributed by atoms with Gasteiger partial charge in [0.05, 0.1) is 6.54 Å². The molecule has 0 unspecified atom stereocenters. The van der Waals surface area contributed by atoms with Crippen LogP contribution in [-0.4, -0.2) is 43.4 Å². The highest BCUT2D eigenvalue weighted by Crippen LogP contribution is 2.26. The smallest absolute Gasteiger partial charge is 0.265 e. The second kappa shape index (κ2) is 4.68. The Hall–Kier alpha value is -0.710. The molecule has 0 aromatic carbocycles. The fourth-order valence-corrected chi connectivity index (χ4v) is 1.57. The lowest BCUT2D eigenvalue weighted by molar-refractivity contribution is -0.141. The number of alkyl halides is 2. The van der Waals surface area contributed by atoms with Crippen molar-refractivity contribution in [2.24, 2.45) is 0 Å². The Bertz CT molecular complexity index is 209. The summed E-state index contributed by atoms with van der Waals surface area (Å²) in [7, 11) is 1.73. The Morgan fingerprint density at radius 2 is 2.29 bits per heavy atom. The van der Waals surface area contributed by atoms with Gasteiger partial charge in [-0.1, -0.05) is 0 Å². The number of nitrogens with zero attached hydrogens (tertiary/aromatic N) is 1. The predicted molar refractivity (Wildman–Crippen MR) is 49.3 cm³/mol. The monoisotopic (exact) mass is 206 g/mol. The number of nitrogens with one attached hydrogen (secondary N) is 1. The lowest BCUT2D eigenvalue weighted by Crippen LogP contribution is -2.46. The molecule has 82 valence electrons. The summed E-state index contributed by atoms with van der Waals surface area (Å²) in [6.07, 6.45) is 0.605. The van der Waals surface area contributed by atoms with E-state index in [1.165, 1.54) is 4.90 Å². The van der Waals surface area contributed by atoms with Crippen molar-refractivity contribution in [3.05, 3.63) is 0 Å². The number of carbonyl (C=O) groups is 1. The second-order valence-electron chi connectivity index (χ2n) is 3.63. The van der Waals surface area contributed by atoms with Crippen LogP contribution in [0.3, 0.4) is 0 Å². The normalized spacial score (nSPS) is 20.9. The van der Waals surface area contributed by atoms with Gasteiger partial charge in [-0.3, -0.25) is 4.79 Å². The van der Waals surface area contributed by atoms with E-state index in [9.17, 15) is 13.6 Å². The molecule has 3 nitrogen and oxygen atoms in total. The third-order valence-corrected chi connectivity index (χ3v) is 2.33. The summed E-state index contributed by atoms with van der Waals surface area (Å²) in [6, 6.07) is 0. The van der Waals surface area contributed by atoms with Crippen molar-refractivity contribution in [1.29, 1.82) is 0 Å². The number of rotatable bonds is 3. The summed E-state index contributed by atoms with van der Waals surface area (Å²) in [5.41, 5.74) is 0. The lowest BCUT2D eigenvalue weighted by Gasteiger charge is -2.32. The van der Waals surface area contributed by atoms with E-state index >= 15 is 0 Å². The molecule has 5 heteroatoms. The number of carbonyl (C=O) groups excluding carboxylic acids is 1. The third kappa shape index (κ3) is 3.21. The van der Waals surface area contributed by atoms with Gasteiger partial charge in [0.2, 0.25) is 5.91 Å². The van der Waals surface area contributed by atoms with Gasteiger partial charge in [-0.25, -0.2) is 8.78 Å². The molecule has 1 saturated heterocycles. The van der Waals surface area contributed by atoms with Gasteiger partial charge in [-0.15, -0.1) is 0 Å². The van der Waals surface area contributed by atoms with Gasteiger partial charge in [0.15, 0.2) is 0 Å². The average Bonchev–Trinajstić information content (AvgIpc) is 2.12. The van der Waals surface area contributed by atoms with E-state index < -0.39 is 12.5 Å². The molecule has 0 bridgehead atoms.